The smallest absolute Gasteiger partial charge is 0.328 e. The van der Waals surface area contributed by atoms with E-state index >= 15 is 0 Å². The first-order valence-corrected chi connectivity index (χ1v) is 8.32. The highest BCUT2D eigenvalue weighted by molar-refractivity contribution is 5.96. The number of esters is 1. The van der Waals surface area contributed by atoms with E-state index in [2.05, 4.69) is 5.32 Å². The first kappa shape index (κ1) is 19.3. The van der Waals surface area contributed by atoms with Crippen LogP contribution < -0.4 is 14.8 Å². The molecule has 2 aromatic rings. The zero-order chi connectivity index (χ0) is 18.9. The van der Waals surface area contributed by atoms with Crippen LogP contribution in [-0.2, 0) is 16.0 Å². The Kier molecular flexibility index (Phi) is 7.02. The van der Waals surface area contributed by atoms with Crippen LogP contribution in [0.5, 0.6) is 11.5 Å². The Hall–Kier alpha value is -3.02. The molecule has 1 atom stereocenters. The number of hydrogen-bond acceptors (Lipinski definition) is 5. The van der Waals surface area contributed by atoms with E-state index in [1.54, 1.807) is 57.5 Å². The fraction of sp³-hybridized carbons (Fsp3) is 0.300. The van der Waals surface area contributed by atoms with E-state index in [1.807, 2.05) is 12.1 Å². The van der Waals surface area contributed by atoms with Crippen LogP contribution in [0.1, 0.15) is 22.8 Å². The van der Waals surface area contributed by atoms with Gasteiger partial charge in [-0.25, -0.2) is 4.79 Å². The van der Waals surface area contributed by atoms with Crippen LogP contribution in [0.2, 0.25) is 0 Å². The molecule has 6 heteroatoms. The van der Waals surface area contributed by atoms with Crippen molar-refractivity contribution in [1.29, 1.82) is 0 Å². The fourth-order valence-electron chi connectivity index (χ4n) is 2.51. The van der Waals surface area contributed by atoms with Gasteiger partial charge in [0.15, 0.2) is 11.5 Å². The molecule has 0 spiro atoms. The van der Waals surface area contributed by atoms with Crippen LogP contribution in [0.3, 0.4) is 0 Å². The molecule has 0 heterocycles. The third-order valence-electron chi connectivity index (χ3n) is 3.80. The summed E-state index contributed by atoms with van der Waals surface area (Å²) < 4.78 is 15.6. The first-order chi connectivity index (χ1) is 12.6. The van der Waals surface area contributed by atoms with E-state index in [9.17, 15) is 9.59 Å². The Morgan fingerprint density at radius 1 is 1.00 bits per heavy atom. The van der Waals surface area contributed by atoms with Crippen molar-refractivity contribution >= 4 is 11.9 Å². The number of carbonyl (C=O) groups excluding carboxylic acids is 2. The summed E-state index contributed by atoms with van der Waals surface area (Å²) in [7, 11) is 3.10. The average molecular weight is 357 g/mol. The van der Waals surface area contributed by atoms with Gasteiger partial charge < -0.3 is 19.5 Å². The predicted molar refractivity (Wildman–Crippen MR) is 97.6 cm³/mol. The summed E-state index contributed by atoms with van der Waals surface area (Å²) in [4.78, 5) is 24.7. The Balaban J connectivity index is 2.19. The minimum Gasteiger partial charge on any atom is -0.493 e. The molecule has 0 aliphatic rings. The van der Waals surface area contributed by atoms with Crippen molar-refractivity contribution in [2.24, 2.45) is 0 Å². The lowest BCUT2D eigenvalue weighted by Crippen LogP contribution is -2.43. The fourth-order valence-corrected chi connectivity index (χ4v) is 2.51. The highest BCUT2D eigenvalue weighted by atomic mass is 16.5. The molecule has 1 unspecified atom stereocenters. The van der Waals surface area contributed by atoms with Crippen molar-refractivity contribution in [2.45, 2.75) is 19.4 Å². The van der Waals surface area contributed by atoms with Crippen LogP contribution in [0.4, 0.5) is 0 Å². The zero-order valence-corrected chi connectivity index (χ0v) is 15.2. The third kappa shape index (κ3) is 4.99. The first-order valence-electron chi connectivity index (χ1n) is 8.32. The number of carbonyl (C=O) groups is 2. The van der Waals surface area contributed by atoms with Gasteiger partial charge in [0.25, 0.3) is 5.91 Å². The Morgan fingerprint density at radius 3 is 2.31 bits per heavy atom. The van der Waals surface area contributed by atoms with E-state index in [4.69, 9.17) is 14.2 Å². The van der Waals surface area contributed by atoms with E-state index < -0.39 is 12.0 Å². The summed E-state index contributed by atoms with van der Waals surface area (Å²) in [5.41, 5.74) is 1.29. The van der Waals surface area contributed by atoms with Crippen molar-refractivity contribution in [3.8, 4) is 11.5 Å². The summed E-state index contributed by atoms with van der Waals surface area (Å²) >= 11 is 0. The molecule has 2 rings (SSSR count). The Labute approximate surface area is 153 Å². The van der Waals surface area contributed by atoms with Crippen LogP contribution in [0.15, 0.2) is 48.5 Å². The van der Waals surface area contributed by atoms with Crippen molar-refractivity contribution < 1.29 is 23.8 Å². The number of hydrogen-bond donors (Lipinski definition) is 1. The molecule has 6 nitrogen and oxygen atoms in total. The van der Waals surface area contributed by atoms with Gasteiger partial charge in [-0.15, -0.1) is 0 Å². The van der Waals surface area contributed by atoms with Gasteiger partial charge in [-0.05, 0) is 36.8 Å². The zero-order valence-electron chi connectivity index (χ0n) is 15.2. The van der Waals surface area contributed by atoms with Crippen LogP contribution >= 0.6 is 0 Å². The molecule has 26 heavy (non-hydrogen) atoms. The molecule has 138 valence electrons. The van der Waals surface area contributed by atoms with Gasteiger partial charge in [0, 0.05) is 12.0 Å². The van der Waals surface area contributed by atoms with Gasteiger partial charge >= 0.3 is 5.97 Å². The van der Waals surface area contributed by atoms with E-state index in [0.29, 0.717) is 17.1 Å². The molecular weight excluding hydrogens is 334 g/mol. The molecule has 2 aromatic carbocycles. The highest BCUT2D eigenvalue weighted by Gasteiger charge is 2.23. The van der Waals surface area contributed by atoms with Crippen LogP contribution in [0.25, 0.3) is 0 Å². The number of ether oxygens (including phenoxy) is 3. The van der Waals surface area contributed by atoms with Crippen molar-refractivity contribution in [3.63, 3.8) is 0 Å². The minimum absolute atomic E-state index is 0.239. The number of amides is 1. The molecule has 1 N–H and O–H groups in total. The van der Waals surface area contributed by atoms with Gasteiger partial charge in [0.2, 0.25) is 0 Å². The van der Waals surface area contributed by atoms with Crippen LogP contribution in [-0.4, -0.2) is 38.7 Å². The minimum atomic E-state index is -0.805. The van der Waals surface area contributed by atoms with Gasteiger partial charge in [0.05, 0.1) is 20.8 Å². The SMILES string of the molecule is CCOC(=O)C(Cc1ccc(OC)c(OC)c1)NC(=O)c1ccccc1. The molecule has 0 saturated carbocycles. The molecule has 0 aliphatic carbocycles. The number of methoxy groups -OCH3 is 2. The standard InChI is InChI=1S/C20H23NO5/c1-4-26-20(23)16(21-19(22)15-8-6-5-7-9-15)12-14-10-11-17(24-2)18(13-14)25-3/h5-11,13,16H,4,12H2,1-3H3,(H,21,22). The van der Waals surface area contributed by atoms with Gasteiger partial charge in [0.1, 0.15) is 6.04 Å². The molecule has 0 fully saturated rings. The highest BCUT2D eigenvalue weighted by Crippen LogP contribution is 2.28. The molecule has 0 radical (unpaired) electrons. The van der Waals surface area contributed by atoms with Gasteiger partial charge in [-0.1, -0.05) is 24.3 Å². The maximum Gasteiger partial charge on any atom is 0.328 e. The Bertz CT molecular complexity index is 745. The lowest BCUT2D eigenvalue weighted by molar-refractivity contribution is -0.145. The maximum absolute atomic E-state index is 12.4. The Morgan fingerprint density at radius 2 is 1.69 bits per heavy atom. The quantitative estimate of drug-likeness (QED) is 0.735. The number of nitrogens with one attached hydrogen (secondary N) is 1. The normalized spacial score (nSPS) is 11.3. The molecule has 0 saturated heterocycles. The molecule has 0 aliphatic heterocycles. The second-order valence-electron chi connectivity index (χ2n) is 5.54. The van der Waals surface area contributed by atoms with Crippen molar-refractivity contribution in [1.82, 2.24) is 5.32 Å². The van der Waals surface area contributed by atoms with Crippen LogP contribution in [0, 0.1) is 0 Å². The third-order valence-corrected chi connectivity index (χ3v) is 3.80. The summed E-state index contributed by atoms with van der Waals surface area (Å²) in [5, 5.41) is 2.75. The predicted octanol–water partition coefficient (Wildman–Crippen LogP) is 2.61. The second-order valence-corrected chi connectivity index (χ2v) is 5.54. The molecule has 0 aromatic heterocycles. The molecular formula is C20H23NO5. The lowest BCUT2D eigenvalue weighted by Gasteiger charge is -2.18. The second kappa shape index (κ2) is 9.46. The number of rotatable bonds is 8. The summed E-state index contributed by atoms with van der Waals surface area (Å²) in [6, 6.07) is 13.3. The van der Waals surface area contributed by atoms with E-state index in [1.165, 1.54) is 0 Å². The van der Waals surface area contributed by atoms with Gasteiger partial charge in [-0.2, -0.15) is 0 Å². The van der Waals surface area contributed by atoms with E-state index in [0.717, 1.165) is 5.56 Å². The lowest BCUT2D eigenvalue weighted by atomic mass is 10.0. The topological polar surface area (TPSA) is 73.9 Å². The molecule has 0 bridgehead atoms. The van der Waals surface area contributed by atoms with Crippen molar-refractivity contribution in [2.75, 3.05) is 20.8 Å². The molecule has 1 amide bonds. The summed E-state index contributed by atoms with van der Waals surface area (Å²) in [6.45, 7) is 1.97. The largest absolute Gasteiger partial charge is 0.493 e. The number of benzene rings is 2. The van der Waals surface area contributed by atoms with Gasteiger partial charge in [-0.3, -0.25) is 4.79 Å². The summed E-state index contributed by atoms with van der Waals surface area (Å²) in [5.74, 6) is 0.343. The monoisotopic (exact) mass is 357 g/mol. The summed E-state index contributed by atoms with van der Waals surface area (Å²) in [6.07, 6.45) is 0.276. The van der Waals surface area contributed by atoms with E-state index in [-0.39, 0.29) is 18.9 Å². The maximum atomic E-state index is 12.4. The average Bonchev–Trinajstić information content (AvgIpc) is 2.68. The van der Waals surface area contributed by atoms with Crippen molar-refractivity contribution in [3.05, 3.63) is 59.7 Å².